The van der Waals surface area contributed by atoms with Gasteiger partial charge < -0.3 is 4.42 Å². The van der Waals surface area contributed by atoms with Crippen LogP contribution in [-0.2, 0) is 9.59 Å². The van der Waals surface area contributed by atoms with Crippen molar-refractivity contribution in [3.05, 3.63) is 81.8 Å². The second kappa shape index (κ2) is 7.14. The first-order valence-corrected chi connectivity index (χ1v) is 8.86. The van der Waals surface area contributed by atoms with Gasteiger partial charge in [0.25, 0.3) is 11.8 Å². The van der Waals surface area contributed by atoms with Crippen LogP contribution in [0.4, 0.5) is 10.1 Å². The average Bonchev–Trinajstić information content (AvgIpc) is 3.25. The normalized spacial score (nSPS) is 15.4. The number of hydrogen-bond donors (Lipinski definition) is 1. The van der Waals surface area contributed by atoms with Gasteiger partial charge in [0.1, 0.15) is 22.9 Å². The fourth-order valence-corrected chi connectivity index (χ4v) is 3.13. The molecule has 4 rings (SSSR count). The minimum absolute atomic E-state index is 0.109. The van der Waals surface area contributed by atoms with E-state index in [9.17, 15) is 14.0 Å². The number of rotatable bonds is 3. The fourth-order valence-electron chi connectivity index (χ4n) is 2.74. The summed E-state index contributed by atoms with van der Waals surface area (Å²) in [5.74, 6) is -0.866. The van der Waals surface area contributed by atoms with Crippen molar-refractivity contribution in [3.8, 4) is 11.3 Å². The molecule has 3 aromatic rings. The van der Waals surface area contributed by atoms with Crippen LogP contribution in [0.5, 0.6) is 0 Å². The van der Waals surface area contributed by atoms with Gasteiger partial charge in [0.05, 0.1) is 15.7 Å². The van der Waals surface area contributed by atoms with Crippen molar-refractivity contribution in [3.63, 3.8) is 0 Å². The molecule has 2 amide bonds. The highest BCUT2D eigenvalue weighted by Gasteiger charge is 2.34. The minimum atomic E-state index is -0.590. The van der Waals surface area contributed by atoms with E-state index in [1.54, 1.807) is 30.3 Å². The van der Waals surface area contributed by atoms with Gasteiger partial charge in [0.15, 0.2) is 0 Å². The van der Waals surface area contributed by atoms with Crippen LogP contribution in [-0.4, -0.2) is 11.8 Å². The van der Waals surface area contributed by atoms with Crippen LogP contribution in [0.3, 0.4) is 0 Å². The third-order valence-corrected chi connectivity index (χ3v) is 4.93. The van der Waals surface area contributed by atoms with Gasteiger partial charge >= 0.3 is 0 Å². The van der Waals surface area contributed by atoms with Crippen LogP contribution >= 0.6 is 23.2 Å². The number of furan rings is 1. The minimum Gasteiger partial charge on any atom is -0.457 e. The van der Waals surface area contributed by atoms with Crippen molar-refractivity contribution in [1.82, 2.24) is 5.43 Å². The van der Waals surface area contributed by atoms with Gasteiger partial charge in [-0.3, -0.25) is 15.0 Å². The van der Waals surface area contributed by atoms with Crippen LogP contribution in [0, 0.1) is 5.82 Å². The summed E-state index contributed by atoms with van der Waals surface area (Å²) >= 11 is 12.2. The molecule has 8 heteroatoms. The second-order valence-corrected chi connectivity index (χ2v) is 6.70. The maximum Gasteiger partial charge on any atom is 0.282 e. The Morgan fingerprint density at radius 3 is 2.50 bits per heavy atom. The molecule has 28 heavy (non-hydrogen) atoms. The SMILES string of the molecule is O=C1NN(c2ccc(F)cc2)C(=O)C1=Cc1ccc(-c2cccc(Cl)c2Cl)o1. The first-order valence-electron chi connectivity index (χ1n) is 8.11. The summed E-state index contributed by atoms with van der Waals surface area (Å²) in [4.78, 5) is 24.8. The van der Waals surface area contributed by atoms with Gasteiger partial charge in [-0.15, -0.1) is 0 Å². The Labute approximate surface area is 168 Å². The highest BCUT2D eigenvalue weighted by molar-refractivity contribution is 6.43. The predicted octanol–water partition coefficient (Wildman–Crippen LogP) is 4.85. The molecule has 5 nitrogen and oxygen atoms in total. The number of hydrogen-bond acceptors (Lipinski definition) is 3. The Bertz CT molecular complexity index is 1120. The molecule has 1 aliphatic heterocycles. The van der Waals surface area contributed by atoms with Gasteiger partial charge in [0.2, 0.25) is 0 Å². The largest absolute Gasteiger partial charge is 0.457 e. The van der Waals surface area contributed by atoms with Crippen molar-refractivity contribution in [1.29, 1.82) is 0 Å². The lowest BCUT2D eigenvalue weighted by Crippen LogP contribution is -2.35. The summed E-state index contributed by atoms with van der Waals surface area (Å²) in [5.41, 5.74) is 3.26. The van der Waals surface area contributed by atoms with E-state index in [1.165, 1.54) is 30.3 Å². The summed E-state index contributed by atoms with van der Waals surface area (Å²) in [7, 11) is 0. The van der Waals surface area contributed by atoms with Gasteiger partial charge in [-0.05, 0) is 54.6 Å². The molecule has 1 fully saturated rings. The van der Waals surface area contributed by atoms with Gasteiger partial charge in [-0.1, -0.05) is 29.3 Å². The molecule has 1 saturated heterocycles. The van der Waals surface area contributed by atoms with Crippen LogP contribution in [0.1, 0.15) is 5.76 Å². The maximum absolute atomic E-state index is 13.1. The van der Waals surface area contributed by atoms with Crippen LogP contribution < -0.4 is 10.4 Å². The Kier molecular flexibility index (Phi) is 4.66. The number of anilines is 1. The number of benzene rings is 2. The molecule has 2 aromatic carbocycles. The van der Waals surface area contributed by atoms with E-state index >= 15 is 0 Å². The van der Waals surface area contributed by atoms with E-state index in [0.29, 0.717) is 32.8 Å². The topological polar surface area (TPSA) is 62.6 Å². The Hall–Kier alpha value is -3.09. The fraction of sp³-hybridized carbons (Fsp3) is 0. The number of nitrogens with one attached hydrogen (secondary N) is 1. The smallest absolute Gasteiger partial charge is 0.282 e. The number of carbonyl (C=O) groups is 2. The Balaban J connectivity index is 1.63. The third-order valence-electron chi connectivity index (χ3n) is 4.11. The summed E-state index contributed by atoms with van der Waals surface area (Å²) in [6.07, 6.45) is 1.34. The molecule has 0 aliphatic carbocycles. The van der Waals surface area contributed by atoms with Crippen molar-refractivity contribution in [2.45, 2.75) is 0 Å². The highest BCUT2D eigenvalue weighted by Crippen LogP contribution is 2.34. The number of amides is 2. The van der Waals surface area contributed by atoms with Crippen LogP contribution in [0.25, 0.3) is 17.4 Å². The zero-order chi connectivity index (χ0) is 19.8. The molecule has 140 valence electrons. The molecule has 1 aliphatic rings. The highest BCUT2D eigenvalue weighted by atomic mass is 35.5. The van der Waals surface area contributed by atoms with E-state index in [2.05, 4.69) is 5.43 Å². The van der Waals surface area contributed by atoms with Gasteiger partial charge in [0, 0.05) is 5.56 Å². The zero-order valence-electron chi connectivity index (χ0n) is 14.1. The van der Waals surface area contributed by atoms with E-state index in [-0.39, 0.29) is 5.57 Å². The first kappa shape index (κ1) is 18.3. The molecule has 0 bridgehead atoms. The molecule has 0 unspecified atom stereocenters. The summed E-state index contributed by atoms with van der Waals surface area (Å²) < 4.78 is 18.8. The molecule has 1 N–H and O–H groups in total. The monoisotopic (exact) mass is 416 g/mol. The van der Waals surface area contributed by atoms with Gasteiger partial charge in [-0.25, -0.2) is 9.40 Å². The summed E-state index contributed by atoms with van der Waals surface area (Å²) in [5, 5.41) is 1.77. The molecule has 0 radical (unpaired) electrons. The molecular weight excluding hydrogens is 406 g/mol. The quantitative estimate of drug-likeness (QED) is 0.490. The molecule has 0 saturated carbocycles. The lowest BCUT2D eigenvalue weighted by atomic mass is 10.2. The Morgan fingerprint density at radius 2 is 1.75 bits per heavy atom. The number of nitrogens with zero attached hydrogens (tertiary/aromatic N) is 1. The molecule has 0 spiro atoms. The summed E-state index contributed by atoms with van der Waals surface area (Å²) in [6, 6.07) is 13.6. The third kappa shape index (κ3) is 3.28. The van der Waals surface area contributed by atoms with Crippen molar-refractivity contribution in [2.24, 2.45) is 0 Å². The van der Waals surface area contributed by atoms with Crippen LogP contribution in [0.2, 0.25) is 10.0 Å². The van der Waals surface area contributed by atoms with E-state index < -0.39 is 17.6 Å². The zero-order valence-corrected chi connectivity index (χ0v) is 15.6. The van der Waals surface area contributed by atoms with E-state index in [0.717, 1.165) is 5.01 Å². The molecule has 1 aromatic heterocycles. The number of hydrazine groups is 1. The predicted molar refractivity (Wildman–Crippen MR) is 104 cm³/mol. The Morgan fingerprint density at radius 1 is 1.00 bits per heavy atom. The van der Waals surface area contributed by atoms with E-state index in [4.69, 9.17) is 27.6 Å². The molecular formula is C20H11Cl2FN2O3. The van der Waals surface area contributed by atoms with Crippen molar-refractivity contribution < 1.29 is 18.4 Å². The summed E-state index contributed by atoms with van der Waals surface area (Å²) in [6.45, 7) is 0. The maximum atomic E-state index is 13.1. The molecule has 2 heterocycles. The molecule has 0 atom stereocenters. The second-order valence-electron chi connectivity index (χ2n) is 5.92. The van der Waals surface area contributed by atoms with Crippen molar-refractivity contribution >= 4 is 46.8 Å². The average molecular weight is 417 g/mol. The first-order chi connectivity index (χ1) is 13.4. The van der Waals surface area contributed by atoms with Crippen LogP contribution in [0.15, 0.2) is 64.6 Å². The lowest BCUT2D eigenvalue weighted by Gasteiger charge is -2.14. The number of halogens is 3. The van der Waals surface area contributed by atoms with E-state index in [1.807, 2.05) is 0 Å². The lowest BCUT2D eigenvalue weighted by molar-refractivity contribution is -0.117. The number of carbonyl (C=O) groups excluding carboxylic acids is 2. The van der Waals surface area contributed by atoms with Crippen molar-refractivity contribution in [2.75, 3.05) is 5.01 Å². The van der Waals surface area contributed by atoms with Gasteiger partial charge in [-0.2, -0.15) is 0 Å². The standard InChI is InChI=1S/C20H11Cl2FN2O3/c21-16-3-1-2-14(18(16)22)17-9-8-13(28-17)10-15-19(26)24-25(20(15)27)12-6-4-11(23)5-7-12/h1-10H,(H,24,26).